The highest BCUT2D eigenvalue weighted by Crippen LogP contribution is 2.34. The van der Waals surface area contributed by atoms with Crippen molar-refractivity contribution in [2.45, 2.75) is 19.8 Å². The van der Waals surface area contributed by atoms with Crippen LogP contribution < -0.4 is 10.9 Å². The van der Waals surface area contributed by atoms with Gasteiger partial charge in [-0.25, -0.2) is 0 Å². The van der Waals surface area contributed by atoms with Gasteiger partial charge in [0.1, 0.15) is 0 Å². The van der Waals surface area contributed by atoms with Crippen LogP contribution >= 0.6 is 0 Å². The van der Waals surface area contributed by atoms with E-state index < -0.39 is 0 Å². The third-order valence-corrected chi connectivity index (χ3v) is 2.78. The van der Waals surface area contributed by atoms with Crippen LogP contribution in [0.1, 0.15) is 25.3 Å². The maximum absolute atomic E-state index is 11.3. The summed E-state index contributed by atoms with van der Waals surface area (Å²) < 4.78 is 0. The van der Waals surface area contributed by atoms with E-state index in [2.05, 4.69) is 0 Å². The smallest absolute Gasteiger partial charge is 0.195 e. The van der Waals surface area contributed by atoms with Crippen molar-refractivity contribution in [3.05, 3.63) is 32.1 Å². The maximum atomic E-state index is 11.3. The molecule has 0 aromatic heterocycles. The van der Waals surface area contributed by atoms with Crippen LogP contribution in [0.25, 0.3) is 21.5 Å². The summed E-state index contributed by atoms with van der Waals surface area (Å²) in [6.07, 6.45) is 0. The second-order valence-corrected chi connectivity index (χ2v) is 3.95. The fourth-order valence-corrected chi connectivity index (χ4v) is 1.94. The van der Waals surface area contributed by atoms with Gasteiger partial charge in [-0.3, -0.25) is 9.59 Å². The minimum absolute atomic E-state index is 0.0778. The molecule has 0 saturated heterocycles. The molecule has 0 unspecified atom stereocenters. The van der Waals surface area contributed by atoms with Gasteiger partial charge in [-0.1, -0.05) is 13.8 Å². The molecule has 0 amide bonds. The predicted molar refractivity (Wildman–Crippen MR) is 52.8 cm³/mol. The van der Waals surface area contributed by atoms with Gasteiger partial charge in [-0.15, -0.1) is 0 Å². The Hall–Kier alpha value is -1.44. The summed E-state index contributed by atoms with van der Waals surface area (Å²) in [6, 6.07) is 1.88. The first-order valence-corrected chi connectivity index (χ1v) is 4.43. The molecule has 2 heteroatoms. The summed E-state index contributed by atoms with van der Waals surface area (Å²) in [4.78, 5) is 22.5. The minimum atomic E-state index is 0.0778. The van der Waals surface area contributed by atoms with Crippen LogP contribution in [0.3, 0.4) is 0 Å². The fourth-order valence-electron chi connectivity index (χ4n) is 1.94. The molecule has 0 bridgehead atoms. The van der Waals surface area contributed by atoms with E-state index in [1.807, 2.05) is 19.9 Å². The molecule has 0 radical (unpaired) electrons. The van der Waals surface area contributed by atoms with Crippen molar-refractivity contribution >= 4 is 21.5 Å². The topological polar surface area (TPSA) is 34.1 Å². The van der Waals surface area contributed by atoms with Gasteiger partial charge in [0, 0.05) is 21.5 Å². The van der Waals surface area contributed by atoms with Crippen LogP contribution in [-0.2, 0) is 0 Å². The average molecular weight is 172 g/mol. The van der Waals surface area contributed by atoms with E-state index in [9.17, 15) is 9.59 Å². The highest BCUT2D eigenvalue weighted by Gasteiger charge is 2.29. The van der Waals surface area contributed by atoms with Gasteiger partial charge in [-0.2, -0.15) is 0 Å². The van der Waals surface area contributed by atoms with E-state index in [-0.39, 0.29) is 10.9 Å². The number of fused-ring (bicyclic) bond motifs is 3. The molecule has 0 N–H and O–H groups in total. The lowest BCUT2D eigenvalue weighted by atomic mass is 10.0. The molecule has 0 spiro atoms. The predicted octanol–water partition coefficient (Wildman–Crippen LogP) is 1.59. The molecule has 0 fully saturated rings. The highest BCUT2D eigenvalue weighted by atomic mass is 16.1. The lowest BCUT2D eigenvalue weighted by Gasteiger charge is -2.00. The van der Waals surface area contributed by atoms with Crippen molar-refractivity contribution in [3.8, 4) is 0 Å². The van der Waals surface area contributed by atoms with Gasteiger partial charge >= 0.3 is 0 Å². The maximum Gasteiger partial charge on any atom is 0.195 e. The number of hydrogen-bond acceptors (Lipinski definition) is 2. The minimum Gasteiger partial charge on any atom is -0.289 e. The Morgan fingerprint density at radius 3 is 2.31 bits per heavy atom. The number of hydrogen-bond donors (Lipinski definition) is 0. The molecule has 0 aliphatic heterocycles. The van der Waals surface area contributed by atoms with Gasteiger partial charge in [0.25, 0.3) is 0 Å². The van der Waals surface area contributed by atoms with Gasteiger partial charge < -0.3 is 0 Å². The van der Waals surface area contributed by atoms with E-state index in [1.54, 1.807) is 0 Å². The summed E-state index contributed by atoms with van der Waals surface area (Å²) in [5.74, 6) is 0.332. The van der Waals surface area contributed by atoms with Crippen molar-refractivity contribution in [2.75, 3.05) is 0 Å². The Balaban J connectivity index is 2.51. The van der Waals surface area contributed by atoms with Crippen molar-refractivity contribution in [1.82, 2.24) is 0 Å². The van der Waals surface area contributed by atoms with Crippen LogP contribution in [0, 0.1) is 0 Å². The fraction of sp³-hybridized carbons (Fsp3) is 0.273. The molecule has 3 aromatic carbocycles. The molecule has 3 aromatic rings. The van der Waals surface area contributed by atoms with Gasteiger partial charge in [0.05, 0.1) is 0 Å². The van der Waals surface area contributed by atoms with E-state index in [4.69, 9.17) is 0 Å². The van der Waals surface area contributed by atoms with Gasteiger partial charge in [0.15, 0.2) is 10.9 Å². The monoisotopic (exact) mass is 172 g/mol. The Labute approximate surface area is 74.1 Å². The van der Waals surface area contributed by atoms with Crippen LogP contribution in [0.2, 0.25) is 0 Å². The van der Waals surface area contributed by atoms with Crippen LogP contribution in [-0.4, -0.2) is 0 Å². The molecular formula is C11H8O2. The second kappa shape index (κ2) is 1.74. The summed E-state index contributed by atoms with van der Waals surface area (Å²) in [6.45, 7) is 4.08. The van der Waals surface area contributed by atoms with Gasteiger partial charge in [-0.05, 0) is 17.5 Å². The summed E-state index contributed by atoms with van der Waals surface area (Å²) in [7, 11) is 0. The third kappa shape index (κ3) is 0.648. The largest absolute Gasteiger partial charge is 0.289 e. The molecular weight excluding hydrogens is 164 g/mol. The second-order valence-electron chi connectivity index (χ2n) is 3.95. The first-order valence-electron chi connectivity index (χ1n) is 4.43. The number of rotatable bonds is 1. The highest BCUT2D eigenvalue weighted by molar-refractivity contribution is 6.24. The molecule has 0 heterocycles. The molecule has 2 nitrogen and oxygen atoms in total. The van der Waals surface area contributed by atoms with Crippen molar-refractivity contribution < 1.29 is 0 Å². The van der Waals surface area contributed by atoms with E-state index in [0.717, 1.165) is 16.3 Å². The third-order valence-electron chi connectivity index (χ3n) is 2.78. The SMILES string of the molecule is CC(C)c1cc2c(=O)c2c2c(=O)c12. The van der Waals surface area contributed by atoms with Gasteiger partial charge in [0.2, 0.25) is 0 Å². The Morgan fingerprint density at radius 2 is 1.69 bits per heavy atom. The Morgan fingerprint density at radius 1 is 1.00 bits per heavy atom. The van der Waals surface area contributed by atoms with E-state index >= 15 is 0 Å². The van der Waals surface area contributed by atoms with Crippen LogP contribution in [0.4, 0.5) is 0 Å². The van der Waals surface area contributed by atoms with Crippen LogP contribution in [0.5, 0.6) is 0 Å². The lowest BCUT2D eigenvalue weighted by molar-refractivity contribution is 0.879. The zero-order valence-corrected chi connectivity index (χ0v) is 7.47. The molecule has 0 atom stereocenters. The van der Waals surface area contributed by atoms with Crippen molar-refractivity contribution in [2.24, 2.45) is 0 Å². The molecule has 0 saturated carbocycles. The lowest BCUT2D eigenvalue weighted by Crippen LogP contribution is -1.85. The summed E-state index contributed by atoms with van der Waals surface area (Å²) >= 11 is 0. The average Bonchev–Trinajstić information content (AvgIpc) is 2.91. The molecule has 64 valence electrons. The first kappa shape index (κ1) is 7.01. The summed E-state index contributed by atoms with van der Waals surface area (Å²) in [5.41, 5.74) is 1.22. The summed E-state index contributed by atoms with van der Waals surface area (Å²) in [5, 5.41) is 3.00. The van der Waals surface area contributed by atoms with Crippen molar-refractivity contribution in [1.29, 1.82) is 0 Å². The first-order chi connectivity index (χ1) is 6.13. The Kier molecular flexibility index (Phi) is 0.938. The molecule has 3 rings (SSSR count). The molecule has 0 aliphatic carbocycles. The zero-order chi connectivity index (χ0) is 9.33. The standard InChI is InChI=1S/C11H8O2/c1-4(2)5-3-6-8(10(6)12)9-7(5)11(9)13/h3-4H,1-2H3. The van der Waals surface area contributed by atoms with Crippen LogP contribution in [0.15, 0.2) is 15.7 Å². The van der Waals surface area contributed by atoms with E-state index in [0.29, 0.717) is 16.7 Å². The molecule has 0 aliphatic rings. The number of benzene rings is 1. The molecule has 13 heavy (non-hydrogen) atoms. The normalized spacial score (nSPS) is 13.2. The van der Waals surface area contributed by atoms with Crippen molar-refractivity contribution in [3.63, 3.8) is 0 Å². The van der Waals surface area contributed by atoms with E-state index in [1.165, 1.54) is 0 Å². The zero-order valence-electron chi connectivity index (χ0n) is 7.47. The quantitative estimate of drug-likeness (QED) is 0.558. The Bertz CT molecular complexity index is 654.